The zero-order chi connectivity index (χ0) is 11.4. The van der Waals surface area contributed by atoms with Gasteiger partial charge in [0.05, 0.1) is 5.56 Å². The first-order valence-electron chi connectivity index (χ1n) is 5.41. The van der Waals surface area contributed by atoms with Crippen LogP contribution < -0.4 is 10.1 Å². The molecule has 94 valence electrons. The van der Waals surface area contributed by atoms with Gasteiger partial charge in [0.2, 0.25) is 0 Å². The standard InChI is InChI=1S/C12H14FNO2.ClH/c13-10-2-1-9(8-15)12(7-10)16-11-3-5-14-6-4-11;/h1-2,7-8,11,14H,3-6H2;1H. The second kappa shape index (κ2) is 6.57. The van der Waals surface area contributed by atoms with Crippen molar-refractivity contribution < 1.29 is 13.9 Å². The highest BCUT2D eigenvalue weighted by molar-refractivity contribution is 5.85. The maximum Gasteiger partial charge on any atom is 0.153 e. The highest BCUT2D eigenvalue weighted by Gasteiger charge is 2.16. The van der Waals surface area contributed by atoms with Gasteiger partial charge < -0.3 is 10.1 Å². The topological polar surface area (TPSA) is 38.3 Å². The van der Waals surface area contributed by atoms with Gasteiger partial charge in [-0.05, 0) is 38.1 Å². The van der Waals surface area contributed by atoms with Crippen LogP contribution in [-0.2, 0) is 0 Å². The lowest BCUT2D eigenvalue weighted by Gasteiger charge is -2.24. The van der Waals surface area contributed by atoms with Crippen molar-refractivity contribution in [3.05, 3.63) is 29.6 Å². The molecular formula is C12H15ClFNO2. The molecule has 0 aromatic heterocycles. The quantitative estimate of drug-likeness (QED) is 0.846. The highest BCUT2D eigenvalue weighted by atomic mass is 35.5. The maximum atomic E-state index is 13.0. The van der Waals surface area contributed by atoms with E-state index in [4.69, 9.17) is 4.74 Å². The van der Waals surface area contributed by atoms with Crippen LogP contribution in [0.2, 0.25) is 0 Å². The SMILES string of the molecule is Cl.O=Cc1ccc(F)cc1OC1CCNCC1. The molecule has 1 aromatic carbocycles. The second-order valence-corrected chi connectivity index (χ2v) is 3.87. The molecule has 0 aliphatic carbocycles. The molecule has 1 saturated heterocycles. The van der Waals surface area contributed by atoms with Gasteiger partial charge in [0.25, 0.3) is 0 Å². The molecule has 1 aliphatic heterocycles. The van der Waals surface area contributed by atoms with Crippen molar-refractivity contribution in [3.63, 3.8) is 0 Å². The van der Waals surface area contributed by atoms with E-state index in [2.05, 4.69) is 5.32 Å². The molecule has 0 bridgehead atoms. The molecule has 0 unspecified atom stereocenters. The molecule has 1 aromatic rings. The number of benzene rings is 1. The van der Waals surface area contributed by atoms with Gasteiger partial charge >= 0.3 is 0 Å². The summed E-state index contributed by atoms with van der Waals surface area (Å²) in [6.45, 7) is 1.80. The molecular weight excluding hydrogens is 245 g/mol. The predicted octanol–water partition coefficient (Wildman–Crippen LogP) is 2.19. The predicted molar refractivity (Wildman–Crippen MR) is 65.6 cm³/mol. The summed E-state index contributed by atoms with van der Waals surface area (Å²) >= 11 is 0. The van der Waals surface area contributed by atoms with E-state index in [0.29, 0.717) is 17.6 Å². The van der Waals surface area contributed by atoms with Crippen LogP contribution in [-0.4, -0.2) is 25.5 Å². The normalized spacial score (nSPS) is 16.1. The Morgan fingerprint density at radius 3 is 2.71 bits per heavy atom. The summed E-state index contributed by atoms with van der Waals surface area (Å²) in [4.78, 5) is 10.8. The molecule has 1 N–H and O–H groups in total. The first kappa shape index (κ1) is 13.9. The second-order valence-electron chi connectivity index (χ2n) is 3.87. The molecule has 0 radical (unpaired) electrons. The van der Waals surface area contributed by atoms with Gasteiger partial charge in [-0.1, -0.05) is 0 Å². The molecule has 3 nitrogen and oxygen atoms in total. The highest BCUT2D eigenvalue weighted by Crippen LogP contribution is 2.21. The van der Waals surface area contributed by atoms with Crippen LogP contribution in [0.1, 0.15) is 23.2 Å². The van der Waals surface area contributed by atoms with Crippen LogP contribution in [0.3, 0.4) is 0 Å². The molecule has 1 fully saturated rings. The zero-order valence-electron chi connectivity index (χ0n) is 9.32. The van der Waals surface area contributed by atoms with Gasteiger partial charge in [-0.3, -0.25) is 4.79 Å². The Kier molecular flexibility index (Phi) is 5.38. The van der Waals surface area contributed by atoms with Crippen LogP contribution in [0.25, 0.3) is 0 Å². The number of piperidine rings is 1. The smallest absolute Gasteiger partial charge is 0.153 e. The van der Waals surface area contributed by atoms with Crippen molar-refractivity contribution in [1.29, 1.82) is 0 Å². The lowest BCUT2D eigenvalue weighted by molar-refractivity contribution is 0.111. The van der Waals surface area contributed by atoms with Crippen molar-refractivity contribution in [2.75, 3.05) is 13.1 Å². The Hall–Kier alpha value is -1.13. The summed E-state index contributed by atoms with van der Waals surface area (Å²) < 4.78 is 18.7. The lowest BCUT2D eigenvalue weighted by atomic mass is 10.1. The van der Waals surface area contributed by atoms with E-state index in [1.165, 1.54) is 18.2 Å². The van der Waals surface area contributed by atoms with Crippen molar-refractivity contribution in [2.24, 2.45) is 0 Å². The molecule has 17 heavy (non-hydrogen) atoms. The Morgan fingerprint density at radius 1 is 1.35 bits per heavy atom. The average molecular weight is 260 g/mol. The summed E-state index contributed by atoms with van der Waals surface area (Å²) in [6.07, 6.45) is 2.53. The van der Waals surface area contributed by atoms with Crippen molar-refractivity contribution in [1.82, 2.24) is 5.32 Å². The third kappa shape index (κ3) is 3.68. The van der Waals surface area contributed by atoms with E-state index in [1.54, 1.807) is 0 Å². The van der Waals surface area contributed by atoms with Gasteiger partial charge in [-0.25, -0.2) is 4.39 Å². The summed E-state index contributed by atoms with van der Waals surface area (Å²) in [7, 11) is 0. The molecule has 0 amide bonds. The van der Waals surface area contributed by atoms with Crippen LogP contribution in [0.4, 0.5) is 4.39 Å². The number of hydrogen-bond donors (Lipinski definition) is 1. The van der Waals surface area contributed by atoms with Crippen LogP contribution in [0.5, 0.6) is 5.75 Å². The summed E-state index contributed by atoms with van der Waals surface area (Å²) in [5.74, 6) is -0.0311. The number of aldehydes is 1. The monoisotopic (exact) mass is 259 g/mol. The maximum absolute atomic E-state index is 13.0. The molecule has 1 heterocycles. The van der Waals surface area contributed by atoms with Gasteiger partial charge in [0.15, 0.2) is 6.29 Å². The Bertz CT molecular complexity index is 381. The van der Waals surface area contributed by atoms with E-state index in [-0.39, 0.29) is 24.3 Å². The molecule has 0 atom stereocenters. The minimum absolute atomic E-state index is 0. The number of nitrogens with one attached hydrogen (secondary N) is 1. The van der Waals surface area contributed by atoms with E-state index >= 15 is 0 Å². The Morgan fingerprint density at radius 2 is 2.06 bits per heavy atom. The fraction of sp³-hybridized carbons (Fsp3) is 0.417. The van der Waals surface area contributed by atoms with E-state index in [1.807, 2.05) is 0 Å². The Labute approximate surface area is 106 Å². The van der Waals surface area contributed by atoms with E-state index < -0.39 is 0 Å². The number of carbonyl (C=O) groups is 1. The minimum atomic E-state index is -0.380. The van der Waals surface area contributed by atoms with Gasteiger partial charge in [-0.15, -0.1) is 12.4 Å². The fourth-order valence-corrected chi connectivity index (χ4v) is 1.80. The largest absolute Gasteiger partial charge is 0.489 e. The molecule has 0 spiro atoms. The lowest BCUT2D eigenvalue weighted by Crippen LogP contribution is -2.34. The van der Waals surface area contributed by atoms with Crippen molar-refractivity contribution >= 4 is 18.7 Å². The fourth-order valence-electron chi connectivity index (χ4n) is 1.80. The van der Waals surface area contributed by atoms with Crippen molar-refractivity contribution in [2.45, 2.75) is 18.9 Å². The molecule has 5 heteroatoms. The number of carbonyl (C=O) groups excluding carboxylic acids is 1. The molecule has 2 rings (SSSR count). The summed E-state index contributed by atoms with van der Waals surface area (Å²) in [5.41, 5.74) is 0.403. The third-order valence-electron chi connectivity index (χ3n) is 2.68. The van der Waals surface area contributed by atoms with Gasteiger partial charge in [0.1, 0.15) is 17.7 Å². The van der Waals surface area contributed by atoms with E-state index in [9.17, 15) is 9.18 Å². The first-order chi connectivity index (χ1) is 7.79. The van der Waals surface area contributed by atoms with Crippen LogP contribution in [0.15, 0.2) is 18.2 Å². The first-order valence-corrected chi connectivity index (χ1v) is 5.41. The Balaban J connectivity index is 0.00000144. The van der Waals surface area contributed by atoms with Gasteiger partial charge in [-0.2, -0.15) is 0 Å². The number of ether oxygens (including phenoxy) is 1. The molecule has 0 saturated carbocycles. The number of hydrogen-bond acceptors (Lipinski definition) is 3. The van der Waals surface area contributed by atoms with E-state index in [0.717, 1.165) is 25.9 Å². The number of halogens is 2. The molecule has 1 aliphatic rings. The minimum Gasteiger partial charge on any atom is -0.489 e. The summed E-state index contributed by atoms with van der Waals surface area (Å²) in [5, 5.41) is 3.22. The summed E-state index contributed by atoms with van der Waals surface area (Å²) in [6, 6.07) is 3.98. The zero-order valence-corrected chi connectivity index (χ0v) is 10.1. The van der Waals surface area contributed by atoms with Crippen molar-refractivity contribution in [3.8, 4) is 5.75 Å². The van der Waals surface area contributed by atoms with Gasteiger partial charge in [0, 0.05) is 6.07 Å². The number of rotatable bonds is 3. The van der Waals surface area contributed by atoms with Crippen LogP contribution in [0, 0.1) is 5.82 Å². The third-order valence-corrected chi connectivity index (χ3v) is 2.68. The average Bonchev–Trinajstić information content (AvgIpc) is 2.31. The van der Waals surface area contributed by atoms with Crippen LogP contribution >= 0.6 is 12.4 Å².